The lowest BCUT2D eigenvalue weighted by Crippen LogP contribution is -2.14. The van der Waals surface area contributed by atoms with Gasteiger partial charge in [-0.15, -0.1) is 11.3 Å². The molecule has 37 heavy (non-hydrogen) atoms. The van der Waals surface area contributed by atoms with Crippen molar-refractivity contribution in [2.24, 2.45) is 0 Å². The van der Waals surface area contributed by atoms with Crippen molar-refractivity contribution in [1.82, 2.24) is 15.0 Å². The van der Waals surface area contributed by atoms with Gasteiger partial charge in [0.05, 0.1) is 30.1 Å². The van der Waals surface area contributed by atoms with Gasteiger partial charge in [0, 0.05) is 27.9 Å². The molecule has 0 bridgehead atoms. The zero-order valence-corrected chi connectivity index (χ0v) is 21.6. The summed E-state index contributed by atoms with van der Waals surface area (Å²) in [7, 11) is 1.53. The third-order valence-corrected chi connectivity index (χ3v) is 7.62. The van der Waals surface area contributed by atoms with Gasteiger partial charge in [-0.3, -0.25) is 15.1 Å². The van der Waals surface area contributed by atoms with E-state index in [1.54, 1.807) is 12.1 Å². The molecule has 0 spiro atoms. The Kier molecular flexibility index (Phi) is 6.87. The molecule has 1 N–H and O–H groups in total. The predicted molar refractivity (Wildman–Crippen MR) is 140 cm³/mol. The monoisotopic (exact) mass is 533 g/mol. The molecule has 0 saturated carbocycles. The number of carbonyl (C=O) groups is 1. The molecular weight excluding hydrogens is 513 g/mol. The minimum Gasteiger partial charge on any atom is -0.494 e. The molecule has 10 heteroatoms. The Hall–Kier alpha value is -3.87. The summed E-state index contributed by atoms with van der Waals surface area (Å²) in [5.74, 6) is -0.249. The summed E-state index contributed by atoms with van der Waals surface area (Å²) in [6.45, 7) is 1.84. The number of benzene rings is 1. The van der Waals surface area contributed by atoms with E-state index in [-0.39, 0.29) is 22.5 Å². The van der Waals surface area contributed by atoms with Crippen molar-refractivity contribution in [3.63, 3.8) is 0 Å². The standard InChI is InChI=1S/C27H21ClFN5O2S/c1-14-7-18(19-10-25(28)32-13-23(19)36-2)20(12-31-14)26(35)34-27-33-22-6-5-16(9-24(22)37-27)15-3-4-17(11-30)21(29)8-15/h3-4,7-8,10,12-13,16H,5-6,9H2,1-2H3,(H,33,34,35). The molecule has 5 rings (SSSR count). The lowest BCUT2D eigenvalue weighted by Gasteiger charge is -2.21. The molecule has 1 aliphatic carbocycles. The van der Waals surface area contributed by atoms with Crippen molar-refractivity contribution in [3.05, 3.63) is 86.7 Å². The molecule has 1 aromatic carbocycles. The van der Waals surface area contributed by atoms with Crippen LogP contribution in [0.4, 0.5) is 9.52 Å². The molecule has 1 aliphatic rings. The van der Waals surface area contributed by atoms with Crippen LogP contribution in [0.5, 0.6) is 5.75 Å². The third-order valence-electron chi connectivity index (χ3n) is 6.37. The maximum absolute atomic E-state index is 14.2. The summed E-state index contributed by atoms with van der Waals surface area (Å²) < 4.78 is 19.6. The molecule has 7 nitrogen and oxygen atoms in total. The smallest absolute Gasteiger partial charge is 0.259 e. The van der Waals surface area contributed by atoms with Crippen LogP contribution in [0, 0.1) is 24.1 Å². The van der Waals surface area contributed by atoms with Gasteiger partial charge in [0.2, 0.25) is 0 Å². The third kappa shape index (κ3) is 5.03. The van der Waals surface area contributed by atoms with Crippen LogP contribution in [-0.2, 0) is 12.8 Å². The van der Waals surface area contributed by atoms with Gasteiger partial charge in [-0.25, -0.2) is 14.4 Å². The van der Waals surface area contributed by atoms with Crippen molar-refractivity contribution < 1.29 is 13.9 Å². The Morgan fingerprint density at radius 3 is 2.84 bits per heavy atom. The number of amides is 1. The zero-order chi connectivity index (χ0) is 26.1. The van der Waals surface area contributed by atoms with Crippen LogP contribution in [-0.4, -0.2) is 28.0 Å². The second kappa shape index (κ2) is 10.2. The van der Waals surface area contributed by atoms with E-state index >= 15 is 0 Å². The number of aromatic nitrogens is 3. The van der Waals surface area contributed by atoms with E-state index < -0.39 is 5.82 Å². The molecule has 0 fully saturated rings. The maximum Gasteiger partial charge on any atom is 0.259 e. The zero-order valence-electron chi connectivity index (χ0n) is 20.0. The minimum absolute atomic E-state index is 0.0414. The number of aryl methyl sites for hydroxylation is 2. The molecule has 186 valence electrons. The molecule has 1 atom stereocenters. The van der Waals surface area contributed by atoms with Crippen molar-refractivity contribution in [2.45, 2.75) is 32.1 Å². The van der Waals surface area contributed by atoms with Gasteiger partial charge in [0.1, 0.15) is 22.8 Å². The lowest BCUT2D eigenvalue weighted by molar-refractivity contribution is 0.102. The topological polar surface area (TPSA) is 101 Å². The second-order valence-electron chi connectivity index (χ2n) is 8.71. The molecule has 0 radical (unpaired) electrons. The summed E-state index contributed by atoms with van der Waals surface area (Å²) in [5, 5.41) is 12.7. The number of thiazole rings is 1. The number of fused-ring (bicyclic) bond motifs is 1. The Morgan fingerprint density at radius 2 is 2.08 bits per heavy atom. The Morgan fingerprint density at radius 1 is 1.24 bits per heavy atom. The van der Waals surface area contributed by atoms with E-state index in [1.807, 2.05) is 19.1 Å². The van der Waals surface area contributed by atoms with Gasteiger partial charge in [-0.2, -0.15) is 5.26 Å². The van der Waals surface area contributed by atoms with Gasteiger partial charge in [0.15, 0.2) is 5.13 Å². The van der Waals surface area contributed by atoms with E-state index in [1.165, 1.54) is 43.0 Å². The minimum atomic E-state index is -0.502. The fourth-order valence-corrected chi connectivity index (χ4v) is 5.75. The Balaban J connectivity index is 1.39. The van der Waals surface area contributed by atoms with Crippen molar-refractivity contribution in [1.29, 1.82) is 5.26 Å². The molecule has 0 saturated heterocycles. The number of hydrogen-bond donors (Lipinski definition) is 1. The predicted octanol–water partition coefficient (Wildman–Crippen LogP) is 6.11. The summed E-state index contributed by atoms with van der Waals surface area (Å²) in [6.07, 6.45) is 5.26. The van der Waals surface area contributed by atoms with Gasteiger partial charge in [0.25, 0.3) is 5.91 Å². The highest BCUT2D eigenvalue weighted by atomic mass is 35.5. The Bertz CT molecular complexity index is 1570. The van der Waals surface area contributed by atoms with Crippen LogP contribution >= 0.6 is 22.9 Å². The number of pyridine rings is 2. The first-order valence-corrected chi connectivity index (χ1v) is 12.7. The molecule has 3 heterocycles. The van der Waals surface area contributed by atoms with E-state index in [0.717, 1.165) is 34.7 Å². The second-order valence-corrected chi connectivity index (χ2v) is 10.2. The summed E-state index contributed by atoms with van der Waals surface area (Å²) in [5.41, 5.74) is 4.18. The molecular formula is C27H21ClFN5O2S. The number of halogens is 2. The number of anilines is 1. The van der Waals surface area contributed by atoms with Crippen LogP contribution in [0.25, 0.3) is 11.1 Å². The average molecular weight is 534 g/mol. The van der Waals surface area contributed by atoms with Crippen molar-refractivity contribution in [3.8, 4) is 22.9 Å². The lowest BCUT2D eigenvalue weighted by atomic mass is 9.85. The maximum atomic E-state index is 14.2. The van der Waals surface area contributed by atoms with Gasteiger partial charge >= 0.3 is 0 Å². The number of ether oxygens (including phenoxy) is 1. The number of nitrogens with one attached hydrogen (secondary N) is 1. The highest BCUT2D eigenvalue weighted by molar-refractivity contribution is 7.15. The first-order valence-electron chi connectivity index (χ1n) is 11.5. The summed E-state index contributed by atoms with van der Waals surface area (Å²) in [6, 6.07) is 10.1. The Labute approximate surface area is 222 Å². The largest absolute Gasteiger partial charge is 0.494 e. The summed E-state index contributed by atoms with van der Waals surface area (Å²) in [4.78, 5) is 27.4. The van der Waals surface area contributed by atoms with Crippen molar-refractivity contribution >= 4 is 34.0 Å². The fraction of sp³-hybridized carbons (Fsp3) is 0.222. The number of rotatable bonds is 5. The molecule has 3 aromatic heterocycles. The van der Waals surface area contributed by atoms with Crippen molar-refractivity contribution in [2.75, 3.05) is 12.4 Å². The number of nitrogens with zero attached hydrogens (tertiary/aromatic N) is 4. The molecule has 4 aromatic rings. The number of methoxy groups -OCH3 is 1. The van der Waals surface area contributed by atoms with E-state index in [0.29, 0.717) is 34.0 Å². The SMILES string of the molecule is COc1cnc(Cl)cc1-c1cc(C)ncc1C(=O)Nc1nc2c(s1)CC(c1ccc(C#N)c(F)c1)CC2. The van der Waals surface area contributed by atoms with Gasteiger partial charge in [-0.05, 0) is 61.9 Å². The van der Waals surface area contributed by atoms with Crippen LogP contribution in [0.3, 0.4) is 0 Å². The highest BCUT2D eigenvalue weighted by Gasteiger charge is 2.26. The molecule has 1 amide bonds. The van der Waals surface area contributed by atoms with Crippen LogP contribution in [0.1, 0.15) is 50.1 Å². The van der Waals surface area contributed by atoms with Crippen LogP contribution < -0.4 is 10.1 Å². The average Bonchev–Trinajstić information content (AvgIpc) is 3.29. The number of hydrogen-bond acceptors (Lipinski definition) is 7. The van der Waals surface area contributed by atoms with E-state index in [4.69, 9.17) is 21.6 Å². The highest BCUT2D eigenvalue weighted by Crippen LogP contribution is 2.38. The van der Waals surface area contributed by atoms with E-state index in [9.17, 15) is 9.18 Å². The number of carbonyl (C=O) groups excluding carboxylic acids is 1. The molecule has 1 unspecified atom stereocenters. The van der Waals surface area contributed by atoms with Gasteiger partial charge < -0.3 is 4.74 Å². The van der Waals surface area contributed by atoms with Crippen LogP contribution in [0.2, 0.25) is 5.15 Å². The number of nitriles is 1. The first kappa shape index (κ1) is 24.8. The molecule has 0 aliphatic heterocycles. The van der Waals surface area contributed by atoms with Crippen LogP contribution in [0.15, 0.2) is 42.7 Å². The quantitative estimate of drug-likeness (QED) is 0.311. The fourth-order valence-electron chi connectivity index (χ4n) is 4.51. The first-order chi connectivity index (χ1) is 17.9. The summed E-state index contributed by atoms with van der Waals surface area (Å²) >= 11 is 7.55. The normalized spacial score (nSPS) is 14.5. The van der Waals surface area contributed by atoms with Gasteiger partial charge in [-0.1, -0.05) is 17.7 Å². The van der Waals surface area contributed by atoms with E-state index in [2.05, 4.69) is 20.3 Å².